The highest BCUT2D eigenvalue weighted by molar-refractivity contribution is 5.86. The molecule has 0 amide bonds. The Kier molecular flexibility index (Phi) is 1.63. The highest BCUT2D eigenvalue weighted by atomic mass is 14.4. The monoisotopic (exact) mass is 182 g/mol. The average Bonchev–Trinajstić information content (AvgIpc) is 2.95. The Morgan fingerprint density at radius 2 is 1.71 bits per heavy atom. The van der Waals surface area contributed by atoms with Gasteiger partial charge in [0.1, 0.15) is 0 Å². The molecule has 2 aromatic rings. The van der Waals surface area contributed by atoms with Gasteiger partial charge < -0.3 is 0 Å². The SMILES string of the molecule is C[C@@H]1C[C@H]1c1cccc2ccccc12. The van der Waals surface area contributed by atoms with Gasteiger partial charge in [0.05, 0.1) is 0 Å². The minimum atomic E-state index is 0.820. The van der Waals surface area contributed by atoms with E-state index < -0.39 is 0 Å². The summed E-state index contributed by atoms with van der Waals surface area (Å²) in [5, 5.41) is 2.83. The molecule has 0 radical (unpaired) electrons. The van der Waals surface area contributed by atoms with Gasteiger partial charge in [-0.2, -0.15) is 0 Å². The fraction of sp³-hybridized carbons (Fsp3) is 0.286. The van der Waals surface area contributed by atoms with Crippen molar-refractivity contribution in [3.63, 3.8) is 0 Å². The minimum Gasteiger partial charge on any atom is -0.0619 e. The van der Waals surface area contributed by atoms with Crippen molar-refractivity contribution in [3.05, 3.63) is 48.0 Å². The van der Waals surface area contributed by atoms with E-state index in [0.717, 1.165) is 11.8 Å². The van der Waals surface area contributed by atoms with Crippen molar-refractivity contribution in [2.45, 2.75) is 19.3 Å². The maximum Gasteiger partial charge on any atom is -0.0127 e. The molecule has 14 heavy (non-hydrogen) atoms. The van der Waals surface area contributed by atoms with Crippen LogP contribution >= 0.6 is 0 Å². The third kappa shape index (κ3) is 1.14. The largest absolute Gasteiger partial charge is 0.0619 e. The molecule has 2 atom stereocenters. The second-order valence-corrected chi connectivity index (χ2v) is 4.39. The highest BCUT2D eigenvalue weighted by Crippen LogP contribution is 2.48. The third-order valence-corrected chi connectivity index (χ3v) is 3.33. The molecule has 1 fully saturated rings. The molecule has 0 heteroatoms. The highest BCUT2D eigenvalue weighted by Gasteiger charge is 2.34. The maximum atomic E-state index is 2.34. The molecule has 0 bridgehead atoms. The summed E-state index contributed by atoms with van der Waals surface area (Å²) >= 11 is 0. The number of benzene rings is 2. The lowest BCUT2D eigenvalue weighted by Crippen LogP contribution is -1.83. The van der Waals surface area contributed by atoms with Crippen LogP contribution in [0.25, 0.3) is 10.8 Å². The van der Waals surface area contributed by atoms with Gasteiger partial charge in [0.15, 0.2) is 0 Å². The molecule has 0 aliphatic heterocycles. The van der Waals surface area contributed by atoms with E-state index in [0.29, 0.717) is 0 Å². The molecule has 70 valence electrons. The Balaban J connectivity index is 2.23. The molecule has 1 aliphatic rings. The smallest absolute Gasteiger partial charge is 0.0127 e. The zero-order valence-electron chi connectivity index (χ0n) is 8.40. The summed E-state index contributed by atoms with van der Waals surface area (Å²) < 4.78 is 0. The van der Waals surface area contributed by atoms with Crippen molar-refractivity contribution in [2.24, 2.45) is 5.92 Å². The van der Waals surface area contributed by atoms with Crippen molar-refractivity contribution in [2.75, 3.05) is 0 Å². The van der Waals surface area contributed by atoms with Crippen molar-refractivity contribution in [1.29, 1.82) is 0 Å². The van der Waals surface area contributed by atoms with E-state index in [1.807, 2.05) is 0 Å². The normalized spacial score (nSPS) is 25.2. The van der Waals surface area contributed by atoms with Crippen LogP contribution in [0.3, 0.4) is 0 Å². The minimum absolute atomic E-state index is 0.820. The molecule has 0 N–H and O–H groups in total. The zero-order valence-corrected chi connectivity index (χ0v) is 8.40. The first-order chi connectivity index (χ1) is 6.86. The third-order valence-electron chi connectivity index (χ3n) is 3.33. The summed E-state index contributed by atoms with van der Waals surface area (Å²) in [5.41, 5.74) is 1.55. The number of hydrogen-bond acceptors (Lipinski definition) is 0. The van der Waals surface area contributed by atoms with Gasteiger partial charge in [0.25, 0.3) is 0 Å². The molecule has 3 rings (SSSR count). The van der Waals surface area contributed by atoms with Crippen molar-refractivity contribution in [3.8, 4) is 0 Å². The number of hydrogen-bond donors (Lipinski definition) is 0. The molecule has 0 saturated heterocycles. The first kappa shape index (κ1) is 8.05. The molecule has 2 aromatic carbocycles. The van der Waals surface area contributed by atoms with Crippen LogP contribution in [-0.4, -0.2) is 0 Å². The van der Waals surface area contributed by atoms with Crippen LogP contribution in [-0.2, 0) is 0 Å². The molecule has 1 saturated carbocycles. The van der Waals surface area contributed by atoms with Crippen LogP contribution in [0.2, 0.25) is 0 Å². The Bertz CT molecular complexity index is 465. The van der Waals surface area contributed by atoms with Gasteiger partial charge in [-0.25, -0.2) is 0 Å². The van der Waals surface area contributed by atoms with Gasteiger partial charge in [0, 0.05) is 0 Å². The van der Waals surface area contributed by atoms with Gasteiger partial charge in [-0.15, -0.1) is 0 Å². The summed E-state index contributed by atoms with van der Waals surface area (Å²) in [5.74, 6) is 1.71. The Morgan fingerprint density at radius 3 is 2.50 bits per heavy atom. The van der Waals surface area contributed by atoms with Crippen LogP contribution in [0.15, 0.2) is 42.5 Å². The maximum absolute atomic E-state index is 2.34. The fourth-order valence-corrected chi connectivity index (χ4v) is 2.33. The predicted molar refractivity (Wildman–Crippen MR) is 60.5 cm³/mol. The second-order valence-electron chi connectivity index (χ2n) is 4.39. The van der Waals surface area contributed by atoms with Crippen molar-refractivity contribution < 1.29 is 0 Å². The van der Waals surface area contributed by atoms with Crippen LogP contribution in [0.5, 0.6) is 0 Å². The van der Waals surface area contributed by atoms with E-state index in [9.17, 15) is 0 Å². The Morgan fingerprint density at radius 1 is 1.00 bits per heavy atom. The first-order valence-corrected chi connectivity index (χ1v) is 5.34. The average molecular weight is 182 g/mol. The Hall–Kier alpha value is -1.30. The van der Waals surface area contributed by atoms with Crippen LogP contribution in [0.1, 0.15) is 24.8 Å². The van der Waals surface area contributed by atoms with Gasteiger partial charge in [0.2, 0.25) is 0 Å². The van der Waals surface area contributed by atoms with Crippen LogP contribution in [0, 0.1) is 5.92 Å². The molecule has 1 aliphatic carbocycles. The molecule has 0 heterocycles. The van der Waals surface area contributed by atoms with E-state index in [-0.39, 0.29) is 0 Å². The molecular weight excluding hydrogens is 168 g/mol. The molecule has 0 unspecified atom stereocenters. The predicted octanol–water partition coefficient (Wildman–Crippen LogP) is 3.96. The van der Waals surface area contributed by atoms with E-state index in [2.05, 4.69) is 49.4 Å². The summed E-state index contributed by atoms with van der Waals surface area (Å²) in [6, 6.07) is 15.4. The van der Waals surface area contributed by atoms with E-state index in [4.69, 9.17) is 0 Å². The van der Waals surface area contributed by atoms with Crippen LogP contribution in [0.4, 0.5) is 0 Å². The lowest BCUT2D eigenvalue weighted by molar-refractivity contribution is 0.920. The zero-order chi connectivity index (χ0) is 9.54. The van der Waals surface area contributed by atoms with E-state index >= 15 is 0 Å². The number of fused-ring (bicyclic) bond motifs is 1. The lowest BCUT2D eigenvalue weighted by atomic mass is 10.0. The Labute approximate surface area is 84.6 Å². The summed E-state index contributed by atoms with van der Waals surface area (Å²) in [6.07, 6.45) is 1.37. The van der Waals surface area contributed by atoms with Crippen molar-refractivity contribution in [1.82, 2.24) is 0 Å². The number of rotatable bonds is 1. The van der Waals surface area contributed by atoms with Gasteiger partial charge >= 0.3 is 0 Å². The van der Waals surface area contributed by atoms with E-state index in [1.54, 1.807) is 5.56 Å². The van der Waals surface area contributed by atoms with Gasteiger partial charge in [-0.1, -0.05) is 49.4 Å². The van der Waals surface area contributed by atoms with E-state index in [1.165, 1.54) is 17.2 Å². The summed E-state index contributed by atoms with van der Waals surface area (Å²) in [7, 11) is 0. The summed E-state index contributed by atoms with van der Waals surface area (Å²) in [4.78, 5) is 0. The first-order valence-electron chi connectivity index (χ1n) is 5.34. The fourth-order valence-electron chi connectivity index (χ4n) is 2.33. The van der Waals surface area contributed by atoms with Crippen molar-refractivity contribution >= 4 is 10.8 Å². The second kappa shape index (κ2) is 2.84. The lowest BCUT2D eigenvalue weighted by Gasteiger charge is -2.04. The molecule has 0 spiro atoms. The quantitative estimate of drug-likeness (QED) is 0.626. The summed E-state index contributed by atoms with van der Waals surface area (Å²) in [6.45, 7) is 2.34. The van der Waals surface area contributed by atoms with Crippen LogP contribution < -0.4 is 0 Å². The molecule has 0 nitrogen and oxygen atoms in total. The van der Waals surface area contributed by atoms with Gasteiger partial charge in [-0.05, 0) is 34.6 Å². The molecular formula is C14H14. The van der Waals surface area contributed by atoms with Gasteiger partial charge in [-0.3, -0.25) is 0 Å². The molecule has 0 aromatic heterocycles. The standard InChI is InChI=1S/C14H14/c1-10-9-14(10)13-8-4-6-11-5-2-3-7-12(11)13/h2-8,10,14H,9H2,1H3/t10-,14-/m1/s1. The topological polar surface area (TPSA) is 0 Å².